The first-order valence-corrected chi connectivity index (χ1v) is 5.89. The van der Waals surface area contributed by atoms with Crippen LogP contribution in [0.1, 0.15) is 25.8 Å². The zero-order chi connectivity index (χ0) is 14.5. The Morgan fingerprint density at radius 3 is 2.42 bits per heavy atom. The first-order chi connectivity index (χ1) is 8.90. The van der Waals surface area contributed by atoms with Gasteiger partial charge in [0.1, 0.15) is 5.75 Å². The van der Waals surface area contributed by atoms with Crippen molar-refractivity contribution in [3.05, 3.63) is 29.8 Å². The summed E-state index contributed by atoms with van der Waals surface area (Å²) >= 11 is 0. The third-order valence-electron chi connectivity index (χ3n) is 2.38. The fourth-order valence-corrected chi connectivity index (χ4v) is 1.49. The van der Waals surface area contributed by atoms with E-state index in [4.69, 9.17) is 9.47 Å². The van der Waals surface area contributed by atoms with E-state index >= 15 is 0 Å². The van der Waals surface area contributed by atoms with Crippen LogP contribution in [0.5, 0.6) is 5.75 Å². The highest BCUT2D eigenvalue weighted by atomic mass is 19.4. The van der Waals surface area contributed by atoms with E-state index in [1.54, 1.807) is 13.8 Å². The van der Waals surface area contributed by atoms with Gasteiger partial charge in [0.2, 0.25) is 0 Å². The van der Waals surface area contributed by atoms with Gasteiger partial charge in [-0.15, -0.1) is 0 Å². The van der Waals surface area contributed by atoms with Gasteiger partial charge in [-0.05, 0) is 25.5 Å². The zero-order valence-corrected chi connectivity index (χ0v) is 10.7. The summed E-state index contributed by atoms with van der Waals surface area (Å²) in [5.74, 6) is -1.03. The standard InChI is InChI=1S/C13H15F3O3/c1-3-10(12(17)18-4-2)19-11-8-6-5-7-9(11)13(14,15)16/h5-8,10H,3-4H2,1-2H3. The molecule has 0 aliphatic rings. The lowest BCUT2D eigenvalue weighted by Crippen LogP contribution is -2.29. The van der Waals surface area contributed by atoms with Crippen LogP contribution in [0, 0.1) is 0 Å². The maximum atomic E-state index is 12.8. The van der Waals surface area contributed by atoms with Crippen molar-refractivity contribution in [1.29, 1.82) is 0 Å². The SMILES string of the molecule is CCOC(=O)C(CC)Oc1ccccc1C(F)(F)F. The number of carbonyl (C=O) groups is 1. The van der Waals surface area contributed by atoms with Gasteiger partial charge in [0.25, 0.3) is 0 Å². The van der Waals surface area contributed by atoms with Crippen LogP contribution in [0.3, 0.4) is 0 Å². The summed E-state index contributed by atoms with van der Waals surface area (Å²) in [4.78, 5) is 11.5. The molecule has 0 bridgehead atoms. The van der Waals surface area contributed by atoms with E-state index in [1.165, 1.54) is 18.2 Å². The molecule has 0 aromatic heterocycles. The first-order valence-electron chi connectivity index (χ1n) is 5.89. The van der Waals surface area contributed by atoms with E-state index in [2.05, 4.69) is 0 Å². The molecule has 106 valence electrons. The highest BCUT2D eigenvalue weighted by Gasteiger charge is 2.35. The van der Waals surface area contributed by atoms with Gasteiger partial charge in [-0.1, -0.05) is 19.1 Å². The molecular formula is C13H15F3O3. The van der Waals surface area contributed by atoms with Crippen molar-refractivity contribution in [3.8, 4) is 5.75 Å². The van der Waals surface area contributed by atoms with Gasteiger partial charge < -0.3 is 9.47 Å². The average Bonchev–Trinajstić information content (AvgIpc) is 2.35. The smallest absolute Gasteiger partial charge is 0.419 e. The number of hydrogen-bond donors (Lipinski definition) is 0. The van der Waals surface area contributed by atoms with Gasteiger partial charge in [0.15, 0.2) is 6.10 Å². The second kappa shape index (κ2) is 6.45. The number of para-hydroxylation sites is 1. The van der Waals surface area contributed by atoms with Crippen molar-refractivity contribution in [1.82, 2.24) is 0 Å². The summed E-state index contributed by atoms with van der Waals surface area (Å²) in [5.41, 5.74) is -0.905. The molecule has 1 rings (SSSR count). The second-order valence-corrected chi connectivity index (χ2v) is 3.76. The fourth-order valence-electron chi connectivity index (χ4n) is 1.49. The molecule has 1 unspecified atom stereocenters. The molecule has 3 nitrogen and oxygen atoms in total. The van der Waals surface area contributed by atoms with E-state index in [9.17, 15) is 18.0 Å². The van der Waals surface area contributed by atoms with Crippen molar-refractivity contribution < 1.29 is 27.4 Å². The number of ether oxygens (including phenoxy) is 2. The van der Waals surface area contributed by atoms with Gasteiger partial charge in [0, 0.05) is 0 Å². The van der Waals surface area contributed by atoms with Crippen molar-refractivity contribution in [2.24, 2.45) is 0 Å². The normalized spacial score (nSPS) is 12.9. The van der Waals surface area contributed by atoms with Crippen LogP contribution >= 0.6 is 0 Å². The van der Waals surface area contributed by atoms with Gasteiger partial charge in [0.05, 0.1) is 12.2 Å². The number of halogens is 3. The molecule has 0 aliphatic carbocycles. The van der Waals surface area contributed by atoms with Gasteiger partial charge in [-0.3, -0.25) is 0 Å². The topological polar surface area (TPSA) is 35.5 Å². The Kier molecular flexibility index (Phi) is 5.20. The zero-order valence-electron chi connectivity index (χ0n) is 10.7. The lowest BCUT2D eigenvalue weighted by molar-refractivity contribution is -0.153. The minimum atomic E-state index is -4.52. The largest absolute Gasteiger partial charge is 0.478 e. The predicted octanol–water partition coefficient (Wildman–Crippen LogP) is 3.43. The molecule has 0 saturated heterocycles. The van der Waals surface area contributed by atoms with Crippen LogP contribution in [-0.2, 0) is 15.7 Å². The summed E-state index contributed by atoms with van der Waals surface area (Å²) in [7, 11) is 0. The Morgan fingerprint density at radius 1 is 1.26 bits per heavy atom. The first kappa shape index (κ1) is 15.3. The summed E-state index contributed by atoms with van der Waals surface area (Å²) < 4.78 is 48.2. The molecule has 6 heteroatoms. The minimum Gasteiger partial charge on any atom is -0.478 e. The summed E-state index contributed by atoms with van der Waals surface area (Å²) in [6.45, 7) is 3.41. The maximum Gasteiger partial charge on any atom is 0.419 e. The molecule has 1 atom stereocenters. The van der Waals surface area contributed by atoms with Crippen LogP contribution in [0.15, 0.2) is 24.3 Å². The van der Waals surface area contributed by atoms with Gasteiger partial charge >= 0.3 is 12.1 Å². The molecule has 0 amide bonds. The molecule has 0 heterocycles. The number of esters is 1. The number of carbonyl (C=O) groups excluding carboxylic acids is 1. The minimum absolute atomic E-state index is 0.152. The second-order valence-electron chi connectivity index (χ2n) is 3.76. The van der Waals surface area contributed by atoms with E-state index in [0.29, 0.717) is 0 Å². The average molecular weight is 276 g/mol. The van der Waals surface area contributed by atoms with E-state index in [1.807, 2.05) is 0 Å². The van der Waals surface area contributed by atoms with Crippen molar-refractivity contribution >= 4 is 5.97 Å². The van der Waals surface area contributed by atoms with E-state index < -0.39 is 23.8 Å². The molecule has 0 fully saturated rings. The van der Waals surface area contributed by atoms with E-state index in [-0.39, 0.29) is 18.8 Å². The Bertz CT molecular complexity index is 429. The molecule has 0 radical (unpaired) electrons. The van der Waals surface area contributed by atoms with Crippen molar-refractivity contribution in [3.63, 3.8) is 0 Å². The molecule has 0 N–H and O–H groups in total. The van der Waals surface area contributed by atoms with Crippen molar-refractivity contribution in [2.75, 3.05) is 6.61 Å². The van der Waals surface area contributed by atoms with Gasteiger partial charge in [-0.25, -0.2) is 4.79 Å². The monoisotopic (exact) mass is 276 g/mol. The summed E-state index contributed by atoms with van der Waals surface area (Å²) in [5, 5.41) is 0. The molecule has 1 aromatic carbocycles. The number of alkyl halides is 3. The molecule has 1 aromatic rings. The molecule has 0 aliphatic heterocycles. The Labute approximate surface area is 109 Å². The third kappa shape index (κ3) is 4.15. The summed E-state index contributed by atoms with van der Waals surface area (Å²) in [6.07, 6.45) is -5.34. The Morgan fingerprint density at radius 2 is 1.89 bits per heavy atom. The quantitative estimate of drug-likeness (QED) is 0.773. The summed E-state index contributed by atoms with van der Waals surface area (Å²) in [6, 6.07) is 4.78. The van der Waals surface area contributed by atoms with E-state index in [0.717, 1.165) is 6.07 Å². The van der Waals surface area contributed by atoms with Crippen LogP contribution in [0.4, 0.5) is 13.2 Å². The lowest BCUT2D eigenvalue weighted by atomic mass is 10.2. The third-order valence-corrected chi connectivity index (χ3v) is 2.38. The number of rotatable bonds is 5. The van der Waals surface area contributed by atoms with Crippen molar-refractivity contribution in [2.45, 2.75) is 32.5 Å². The Balaban J connectivity index is 2.95. The highest BCUT2D eigenvalue weighted by molar-refractivity contribution is 5.75. The highest BCUT2D eigenvalue weighted by Crippen LogP contribution is 2.36. The molecule has 19 heavy (non-hydrogen) atoms. The van der Waals surface area contributed by atoms with Crippen LogP contribution in [0.25, 0.3) is 0 Å². The van der Waals surface area contributed by atoms with Crippen LogP contribution < -0.4 is 4.74 Å². The molecular weight excluding hydrogens is 261 g/mol. The van der Waals surface area contributed by atoms with Crippen LogP contribution in [0.2, 0.25) is 0 Å². The predicted molar refractivity (Wildman–Crippen MR) is 62.8 cm³/mol. The number of hydrogen-bond acceptors (Lipinski definition) is 3. The molecule has 0 spiro atoms. The molecule has 0 saturated carbocycles. The fraction of sp³-hybridized carbons (Fsp3) is 0.462. The Hall–Kier alpha value is -1.72. The van der Waals surface area contributed by atoms with Gasteiger partial charge in [-0.2, -0.15) is 13.2 Å². The maximum absolute atomic E-state index is 12.8. The number of benzene rings is 1. The van der Waals surface area contributed by atoms with Crippen LogP contribution in [-0.4, -0.2) is 18.7 Å². The lowest BCUT2D eigenvalue weighted by Gasteiger charge is -2.19.